The van der Waals surface area contributed by atoms with Crippen molar-refractivity contribution in [3.63, 3.8) is 0 Å². The maximum Gasteiger partial charge on any atom is 0.305 e. The third-order valence-electron chi connectivity index (χ3n) is 15.1. The largest absolute Gasteiger partial charge is 0.466 e. The van der Waals surface area contributed by atoms with Gasteiger partial charge in [0.1, 0.15) is 0 Å². The van der Waals surface area contributed by atoms with Crippen LogP contribution in [0.25, 0.3) is 0 Å². The minimum absolute atomic E-state index is 0.0109. The molecule has 0 bridgehead atoms. The van der Waals surface area contributed by atoms with Gasteiger partial charge in [-0.25, -0.2) is 0 Å². The highest BCUT2D eigenvalue weighted by atomic mass is 16.5. The maximum absolute atomic E-state index is 12.5. The van der Waals surface area contributed by atoms with Gasteiger partial charge in [-0.2, -0.15) is 0 Å². The number of amides is 1. The van der Waals surface area contributed by atoms with Crippen LogP contribution < -0.4 is 5.32 Å². The van der Waals surface area contributed by atoms with E-state index in [-0.39, 0.29) is 18.5 Å². The number of hydrogen-bond acceptors (Lipinski definition) is 5. The van der Waals surface area contributed by atoms with E-state index >= 15 is 0 Å². The molecular weight excluding hydrogens is 863 g/mol. The number of carbonyl (C=O) groups excluding carboxylic acids is 2. The van der Waals surface area contributed by atoms with Crippen molar-refractivity contribution in [1.82, 2.24) is 5.32 Å². The minimum atomic E-state index is -0.847. The SMILES string of the molecule is CCCCCCCCCCCCCCCCCCC/C=C/C(O)C(CO)NC(=O)CCCCCCCCCCCCCCCCCCCCOC(=O)CCCCCCCCCCCCCCCCCC. The molecule has 0 heterocycles. The lowest BCUT2D eigenvalue weighted by Gasteiger charge is -2.20. The molecule has 0 rings (SSSR count). The lowest BCUT2D eigenvalue weighted by atomic mass is 10.0. The van der Waals surface area contributed by atoms with Crippen LogP contribution in [0.15, 0.2) is 12.2 Å². The summed E-state index contributed by atoms with van der Waals surface area (Å²) in [5.74, 6) is -0.0574. The number of nitrogens with one attached hydrogen (secondary N) is 1. The fourth-order valence-electron chi connectivity index (χ4n) is 10.2. The molecule has 3 N–H and O–H groups in total. The summed E-state index contributed by atoms with van der Waals surface area (Å²) in [6.45, 7) is 4.93. The molecule has 1 amide bonds. The molecule has 416 valence electrons. The van der Waals surface area contributed by atoms with E-state index in [0.29, 0.717) is 19.4 Å². The van der Waals surface area contributed by atoms with Crippen LogP contribution >= 0.6 is 0 Å². The van der Waals surface area contributed by atoms with Crippen molar-refractivity contribution in [3.05, 3.63) is 12.2 Å². The van der Waals surface area contributed by atoms with Crippen molar-refractivity contribution in [2.75, 3.05) is 13.2 Å². The quantitative estimate of drug-likeness (QED) is 0.0321. The highest BCUT2D eigenvalue weighted by molar-refractivity contribution is 5.76. The first-order valence-corrected chi connectivity index (χ1v) is 32.0. The van der Waals surface area contributed by atoms with Gasteiger partial charge in [0, 0.05) is 12.8 Å². The summed E-state index contributed by atoms with van der Waals surface area (Å²) in [5, 5.41) is 23.2. The predicted molar refractivity (Wildman–Crippen MR) is 306 cm³/mol. The number of hydrogen-bond donors (Lipinski definition) is 3. The van der Waals surface area contributed by atoms with Crippen molar-refractivity contribution in [2.45, 2.75) is 373 Å². The Morgan fingerprint density at radius 1 is 0.386 bits per heavy atom. The van der Waals surface area contributed by atoms with Crippen LogP contribution in [-0.4, -0.2) is 47.4 Å². The average Bonchev–Trinajstić information content (AvgIpc) is 3.36. The topological polar surface area (TPSA) is 95.9 Å². The van der Waals surface area contributed by atoms with Gasteiger partial charge in [0.2, 0.25) is 5.91 Å². The van der Waals surface area contributed by atoms with Gasteiger partial charge in [-0.15, -0.1) is 0 Å². The highest BCUT2D eigenvalue weighted by Gasteiger charge is 2.18. The van der Waals surface area contributed by atoms with Crippen molar-refractivity contribution < 1.29 is 24.5 Å². The van der Waals surface area contributed by atoms with Crippen LogP contribution in [0, 0.1) is 0 Å². The first kappa shape index (κ1) is 68.6. The number of allylic oxidation sites excluding steroid dienone is 1. The third kappa shape index (κ3) is 55.9. The Kier molecular flexibility index (Phi) is 59.0. The minimum Gasteiger partial charge on any atom is -0.466 e. The fourth-order valence-corrected chi connectivity index (χ4v) is 10.2. The van der Waals surface area contributed by atoms with Crippen LogP contribution in [0.1, 0.15) is 361 Å². The summed E-state index contributed by atoms with van der Waals surface area (Å²) >= 11 is 0. The predicted octanol–water partition coefficient (Wildman–Crippen LogP) is 20.0. The number of aliphatic hydroxyl groups is 2. The van der Waals surface area contributed by atoms with Crippen LogP contribution in [0.4, 0.5) is 0 Å². The van der Waals surface area contributed by atoms with Gasteiger partial charge in [-0.1, -0.05) is 328 Å². The second-order valence-corrected chi connectivity index (χ2v) is 22.1. The monoisotopic (exact) mass is 988 g/mol. The summed E-state index contributed by atoms with van der Waals surface area (Å²) in [4.78, 5) is 24.6. The number of esters is 1. The molecule has 0 aromatic rings. The third-order valence-corrected chi connectivity index (χ3v) is 15.1. The first-order chi connectivity index (χ1) is 34.5. The molecule has 0 aliphatic rings. The van der Waals surface area contributed by atoms with Gasteiger partial charge in [0.05, 0.1) is 25.4 Å². The Bertz CT molecular complexity index is 1050. The normalized spacial score (nSPS) is 12.6. The Hall–Kier alpha value is -1.40. The summed E-state index contributed by atoms with van der Waals surface area (Å²) in [7, 11) is 0. The van der Waals surface area contributed by atoms with E-state index < -0.39 is 12.1 Å². The van der Waals surface area contributed by atoms with Crippen molar-refractivity contribution in [2.24, 2.45) is 0 Å². The standard InChI is InChI=1S/C64H125NO5/c1-3-5-7-9-11-13-15-17-19-21-22-25-28-32-36-40-44-48-52-56-62(67)61(60-66)65-63(68)57-53-49-45-41-37-33-29-26-23-24-27-31-35-39-43-47-51-55-59-70-64(69)58-54-50-46-42-38-34-30-20-18-16-14-12-10-8-6-4-2/h52,56,61-62,66-67H,3-51,53-55,57-60H2,1-2H3,(H,65,68)/b56-52+. The smallest absolute Gasteiger partial charge is 0.305 e. The molecule has 6 heteroatoms. The summed E-state index contributed by atoms with van der Waals surface area (Å²) in [6, 6.07) is -0.631. The second-order valence-electron chi connectivity index (χ2n) is 22.1. The van der Waals surface area contributed by atoms with E-state index in [2.05, 4.69) is 19.2 Å². The molecule has 0 saturated carbocycles. The molecule has 70 heavy (non-hydrogen) atoms. The van der Waals surface area contributed by atoms with Crippen LogP contribution in [0.5, 0.6) is 0 Å². The Balaban J connectivity index is 3.42. The van der Waals surface area contributed by atoms with E-state index in [0.717, 1.165) is 38.5 Å². The lowest BCUT2D eigenvalue weighted by Crippen LogP contribution is -2.45. The summed E-state index contributed by atoms with van der Waals surface area (Å²) in [5.41, 5.74) is 0. The van der Waals surface area contributed by atoms with Gasteiger partial charge in [0.25, 0.3) is 0 Å². The van der Waals surface area contributed by atoms with Crippen molar-refractivity contribution >= 4 is 11.9 Å². The van der Waals surface area contributed by atoms with Crippen LogP contribution in [0.2, 0.25) is 0 Å². The highest BCUT2D eigenvalue weighted by Crippen LogP contribution is 2.18. The Labute approximate surface area is 438 Å². The number of aliphatic hydroxyl groups excluding tert-OH is 2. The maximum atomic E-state index is 12.5. The molecule has 2 atom stereocenters. The zero-order valence-corrected chi connectivity index (χ0v) is 47.5. The Morgan fingerprint density at radius 2 is 0.657 bits per heavy atom. The van der Waals surface area contributed by atoms with E-state index in [1.807, 2.05) is 6.08 Å². The van der Waals surface area contributed by atoms with Crippen LogP contribution in [0.3, 0.4) is 0 Å². The molecule has 0 aliphatic heterocycles. The molecule has 0 saturated heterocycles. The van der Waals surface area contributed by atoms with Crippen molar-refractivity contribution in [3.8, 4) is 0 Å². The molecule has 0 fully saturated rings. The average molecular weight is 989 g/mol. The van der Waals surface area contributed by atoms with Gasteiger partial charge >= 0.3 is 5.97 Å². The molecule has 0 aliphatic carbocycles. The van der Waals surface area contributed by atoms with Gasteiger partial charge in [0.15, 0.2) is 0 Å². The molecule has 0 aromatic heterocycles. The summed E-state index contributed by atoms with van der Waals surface area (Å²) in [6.07, 6.45) is 72.5. The molecule has 0 spiro atoms. The first-order valence-electron chi connectivity index (χ1n) is 32.0. The zero-order valence-electron chi connectivity index (χ0n) is 47.5. The molecule has 6 nitrogen and oxygen atoms in total. The molecule has 2 unspecified atom stereocenters. The number of carbonyl (C=O) groups is 2. The molecular formula is C64H125NO5. The molecule has 0 aromatic carbocycles. The van der Waals surface area contributed by atoms with E-state index in [4.69, 9.17) is 4.74 Å². The van der Waals surface area contributed by atoms with Gasteiger partial charge < -0.3 is 20.3 Å². The lowest BCUT2D eigenvalue weighted by molar-refractivity contribution is -0.143. The number of rotatable bonds is 60. The van der Waals surface area contributed by atoms with E-state index in [9.17, 15) is 19.8 Å². The van der Waals surface area contributed by atoms with E-state index in [1.165, 1.54) is 295 Å². The van der Waals surface area contributed by atoms with E-state index in [1.54, 1.807) is 6.08 Å². The number of ether oxygens (including phenoxy) is 1. The molecule has 0 radical (unpaired) electrons. The van der Waals surface area contributed by atoms with Crippen molar-refractivity contribution in [1.29, 1.82) is 0 Å². The summed E-state index contributed by atoms with van der Waals surface area (Å²) < 4.78 is 5.49. The second kappa shape index (κ2) is 60.2. The Morgan fingerprint density at radius 3 is 0.971 bits per heavy atom. The number of unbranched alkanes of at least 4 members (excludes halogenated alkanes) is 49. The fraction of sp³-hybridized carbons (Fsp3) is 0.938. The van der Waals surface area contributed by atoms with Gasteiger partial charge in [-0.05, 0) is 32.1 Å². The van der Waals surface area contributed by atoms with Crippen LogP contribution in [-0.2, 0) is 14.3 Å². The van der Waals surface area contributed by atoms with Gasteiger partial charge in [-0.3, -0.25) is 9.59 Å². The zero-order chi connectivity index (χ0) is 50.7.